The van der Waals surface area contributed by atoms with E-state index in [0.717, 1.165) is 29.9 Å². The highest BCUT2D eigenvalue weighted by Crippen LogP contribution is 2.34. The molecule has 0 radical (unpaired) electrons. The summed E-state index contributed by atoms with van der Waals surface area (Å²) in [5.41, 5.74) is 3.09. The van der Waals surface area contributed by atoms with Crippen molar-refractivity contribution in [3.63, 3.8) is 0 Å². The molecule has 0 bridgehead atoms. The molecule has 1 atom stereocenters. The van der Waals surface area contributed by atoms with E-state index >= 15 is 0 Å². The Hall–Kier alpha value is -3.37. The fourth-order valence-corrected chi connectivity index (χ4v) is 4.07. The average Bonchev–Trinajstić information content (AvgIpc) is 3.32. The van der Waals surface area contributed by atoms with Crippen LogP contribution in [0.5, 0.6) is 0 Å². The van der Waals surface area contributed by atoms with Gasteiger partial charge in [-0.3, -0.25) is 20.1 Å². The number of aromatic amines is 1. The Labute approximate surface area is 197 Å². The van der Waals surface area contributed by atoms with Crippen molar-refractivity contribution < 1.29 is 14.1 Å². The summed E-state index contributed by atoms with van der Waals surface area (Å²) >= 11 is 0. The van der Waals surface area contributed by atoms with Gasteiger partial charge in [-0.1, -0.05) is 26.0 Å². The van der Waals surface area contributed by atoms with Crippen LogP contribution in [0.15, 0.2) is 42.6 Å². The Kier molecular flexibility index (Phi) is 7.49. The first-order valence-electron chi connectivity index (χ1n) is 11.4. The Bertz CT molecular complexity index is 1110. The van der Waals surface area contributed by atoms with Crippen LogP contribution in [-0.4, -0.2) is 57.9 Å². The zero-order valence-electron chi connectivity index (χ0n) is 19.3. The van der Waals surface area contributed by atoms with E-state index in [1.807, 2.05) is 13.8 Å². The molecule has 2 aromatic heterocycles. The summed E-state index contributed by atoms with van der Waals surface area (Å²) in [6.45, 7) is 7.35. The fourth-order valence-electron chi connectivity index (χ4n) is 4.07. The van der Waals surface area contributed by atoms with E-state index < -0.39 is 4.92 Å². The molecule has 1 aliphatic heterocycles. The van der Waals surface area contributed by atoms with E-state index in [1.165, 1.54) is 18.2 Å². The van der Waals surface area contributed by atoms with Crippen molar-refractivity contribution in [2.45, 2.75) is 26.3 Å². The third-order valence-electron chi connectivity index (χ3n) is 5.84. The predicted molar refractivity (Wildman–Crippen MR) is 127 cm³/mol. The van der Waals surface area contributed by atoms with E-state index in [2.05, 4.69) is 25.4 Å². The lowest BCUT2D eigenvalue weighted by atomic mass is 9.97. The number of nitrogens with one attached hydrogen (secondary N) is 2. The molecule has 34 heavy (non-hydrogen) atoms. The van der Waals surface area contributed by atoms with Crippen LogP contribution in [0.25, 0.3) is 11.3 Å². The maximum Gasteiger partial charge on any atom is 0.311 e. The smallest absolute Gasteiger partial charge is 0.311 e. The van der Waals surface area contributed by atoms with Gasteiger partial charge in [-0.2, -0.15) is 5.10 Å². The highest BCUT2D eigenvalue weighted by Gasteiger charge is 2.28. The van der Waals surface area contributed by atoms with Crippen molar-refractivity contribution in [3.05, 3.63) is 69.8 Å². The lowest BCUT2D eigenvalue weighted by Crippen LogP contribution is -2.40. The number of halogens is 1. The topological polar surface area (TPSA) is 109 Å². The van der Waals surface area contributed by atoms with Crippen LogP contribution in [0, 0.1) is 21.8 Å². The third-order valence-corrected chi connectivity index (χ3v) is 5.84. The summed E-state index contributed by atoms with van der Waals surface area (Å²) in [5.74, 6) is 0.268. The number of hydrogen-bond acceptors (Lipinski definition) is 7. The van der Waals surface area contributed by atoms with Crippen molar-refractivity contribution in [1.29, 1.82) is 0 Å². The Morgan fingerprint density at radius 3 is 2.62 bits per heavy atom. The van der Waals surface area contributed by atoms with Gasteiger partial charge in [0.05, 0.1) is 35.6 Å². The summed E-state index contributed by atoms with van der Waals surface area (Å²) in [6.07, 6.45) is 2.40. The number of nitrogens with zero attached hydrogens (tertiary/aromatic N) is 4. The lowest BCUT2D eigenvalue weighted by molar-refractivity contribution is -0.384. The number of morpholine rings is 1. The number of nitro groups is 1. The summed E-state index contributed by atoms with van der Waals surface area (Å²) in [6, 6.07) is 9.52. The number of anilines is 1. The van der Waals surface area contributed by atoms with E-state index in [-0.39, 0.29) is 23.4 Å². The molecule has 9 nitrogen and oxygen atoms in total. The highest BCUT2D eigenvalue weighted by atomic mass is 19.1. The number of aromatic nitrogens is 3. The van der Waals surface area contributed by atoms with Gasteiger partial charge in [-0.05, 0) is 36.1 Å². The molecular weight excluding hydrogens is 439 g/mol. The molecule has 0 saturated carbocycles. The van der Waals surface area contributed by atoms with Crippen LogP contribution in [0.1, 0.15) is 31.1 Å². The van der Waals surface area contributed by atoms with Crippen molar-refractivity contribution in [1.82, 2.24) is 20.1 Å². The number of ether oxygens (including phenoxy) is 1. The van der Waals surface area contributed by atoms with Gasteiger partial charge in [-0.25, -0.2) is 9.37 Å². The Balaban J connectivity index is 1.71. The number of pyridine rings is 1. The molecule has 0 aliphatic carbocycles. The van der Waals surface area contributed by atoms with Gasteiger partial charge in [0.2, 0.25) is 5.82 Å². The molecule has 1 fully saturated rings. The third kappa shape index (κ3) is 5.57. The van der Waals surface area contributed by atoms with E-state index in [1.54, 1.807) is 24.4 Å². The van der Waals surface area contributed by atoms with Crippen LogP contribution >= 0.6 is 0 Å². The van der Waals surface area contributed by atoms with Gasteiger partial charge in [0, 0.05) is 37.5 Å². The molecule has 180 valence electrons. The Morgan fingerprint density at radius 1 is 1.21 bits per heavy atom. The quantitative estimate of drug-likeness (QED) is 0.358. The molecular formula is C24H29FN6O3. The second-order valence-corrected chi connectivity index (χ2v) is 8.77. The standard InChI is InChI=1S/C24H29FN6O3/c1-16(2)14-26-24-21(31(32)33)8-7-20(28-24)19-15-27-29-23(19)22(30-9-11-34-12-10-30)13-17-3-5-18(25)6-4-17/h3-8,15-16,22H,9-14H2,1-2H3,(H,26,28)(H,27,29). The van der Waals surface area contributed by atoms with E-state index in [4.69, 9.17) is 4.74 Å². The molecule has 1 unspecified atom stereocenters. The molecule has 1 saturated heterocycles. The molecule has 10 heteroatoms. The summed E-state index contributed by atoms with van der Waals surface area (Å²) in [5, 5.41) is 22.2. The van der Waals surface area contributed by atoms with E-state index in [9.17, 15) is 14.5 Å². The van der Waals surface area contributed by atoms with Gasteiger partial charge in [0.15, 0.2) is 0 Å². The summed E-state index contributed by atoms with van der Waals surface area (Å²) in [7, 11) is 0. The first-order chi connectivity index (χ1) is 16.4. The van der Waals surface area contributed by atoms with Gasteiger partial charge in [-0.15, -0.1) is 0 Å². The van der Waals surface area contributed by atoms with Crippen LogP contribution in [0.2, 0.25) is 0 Å². The van der Waals surface area contributed by atoms with Crippen LogP contribution in [0.3, 0.4) is 0 Å². The van der Waals surface area contributed by atoms with Crippen LogP contribution in [-0.2, 0) is 11.2 Å². The molecule has 3 heterocycles. The number of hydrogen-bond donors (Lipinski definition) is 2. The van der Waals surface area contributed by atoms with Gasteiger partial charge in [0.25, 0.3) is 0 Å². The SMILES string of the molecule is CC(C)CNc1nc(-c2c[nH]nc2C(Cc2ccc(F)cc2)N2CCOCC2)ccc1[N+](=O)[O-]. The summed E-state index contributed by atoms with van der Waals surface area (Å²) < 4.78 is 19.0. The molecule has 0 amide bonds. The molecule has 3 aromatic rings. The number of rotatable bonds is 9. The van der Waals surface area contributed by atoms with Crippen LogP contribution < -0.4 is 5.32 Å². The predicted octanol–water partition coefficient (Wildman–Crippen LogP) is 4.20. The first kappa shape index (κ1) is 23.8. The van der Waals surface area contributed by atoms with Crippen molar-refractivity contribution >= 4 is 11.5 Å². The highest BCUT2D eigenvalue weighted by molar-refractivity contribution is 5.68. The summed E-state index contributed by atoms with van der Waals surface area (Å²) in [4.78, 5) is 18.0. The second kappa shape index (κ2) is 10.7. The zero-order chi connectivity index (χ0) is 24.1. The van der Waals surface area contributed by atoms with Crippen LogP contribution in [0.4, 0.5) is 15.9 Å². The molecule has 4 rings (SSSR count). The minimum atomic E-state index is -0.430. The monoisotopic (exact) mass is 468 g/mol. The number of H-pyrrole nitrogens is 1. The maximum absolute atomic E-state index is 13.5. The second-order valence-electron chi connectivity index (χ2n) is 8.77. The minimum absolute atomic E-state index is 0.0644. The van der Waals surface area contributed by atoms with Gasteiger partial charge >= 0.3 is 5.69 Å². The number of benzene rings is 1. The Morgan fingerprint density at radius 2 is 1.94 bits per heavy atom. The van der Waals surface area contributed by atoms with Gasteiger partial charge in [0.1, 0.15) is 5.82 Å². The molecule has 1 aromatic carbocycles. The largest absolute Gasteiger partial charge is 0.379 e. The van der Waals surface area contributed by atoms with Gasteiger partial charge < -0.3 is 10.1 Å². The van der Waals surface area contributed by atoms with Crippen molar-refractivity contribution in [2.24, 2.45) is 5.92 Å². The average molecular weight is 469 g/mol. The normalized spacial score (nSPS) is 15.4. The molecule has 0 spiro atoms. The maximum atomic E-state index is 13.5. The minimum Gasteiger partial charge on any atom is -0.379 e. The van der Waals surface area contributed by atoms with Crippen molar-refractivity contribution in [3.8, 4) is 11.3 Å². The zero-order valence-corrected chi connectivity index (χ0v) is 19.3. The van der Waals surface area contributed by atoms with E-state index in [0.29, 0.717) is 37.8 Å². The first-order valence-corrected chi connectivity index (χ1v) is 11.4. The molecule has 1 aliphatic rings. The van der Waals surface area contributed by atoms with Crippen molar-refractivity contribution in [2.75, 3.05) is 38.2 Å². The fraction of sp³-hybridized carbons (Fsp3) is 0.417. The molecule has 2 N–H and O–H groups in total. The lowest BCUT2D eigenvalue weighted by Gasteiger charge is -2.34.